The molecule has 2 heterocycles. The van der Waals surface area contributed by atoms with E-state index in [1.165, 1.54) is 16.3 Å². The van der Waals surface area contributed by atoms with Crippen molar-refractivity contribution < 1.29 is 9.53 Å². The lowest BCUT2D eigenvalue weighted by Gasteiger charge is -2.03. The molecule has 7 nitrogen and oxygen atoms in total. The fraction of sp³-hybridized carbons (Fsp3) is 0.250. The lowest BCUT2D eigenvalue weighted by atomic mass is 10.1. The SMILES string of the molecule is CCOC(=O)Cc1c(-c2ccccc2)nn2c(=O)[nH]c(SC)nc12. The van der Waals surface area contributed by atoms with Gasteiger partial charge in [0.25, 0.3) is 0 Å². The van der Waals surface area contributed by atoms with Crippen LogP contribution >= 0.6 is 11.8 Å². The van der Waals surface area contributed by atoms with Gasteiger partial charge in [0.05, 0.1) is 18.7 Å². The number of esters is 1. The van der Waals surface area contributed by atoms with E-state index >= 15 is 0 Å². The Morgan fingerprint density at radius 1 is 1.33 bits per heavy atom. The van der Waals surface area contributed by atoms with Crippen LogP contribution < -0.4 is 5.69 Å². The number of carbonyl (C=O) groups is 1. The molecule has 1 aromatic carbocycles. The smallest absolute Gasteiger partial charge is 0.350 e. The quantitative estimate of drug-likeness (QED) is 0.562. The average Bonchev–Trinajstić information content (AvgIpc) is 2.95. The number of benzene rings is 1. The Kier molecular flexibility index (Phi) is 4.66. The number of hydrogen-bond donors (Lipinski definition) is 1. The molecule has 1 N–H and O–H groups in total. The van der Waals surface area contributed by atoms with Gasteiger partial charge in [0.15, 0.2) is 10.8 Å². The second-order valence-electron chi connectivity index (χ2n) is 4.96. The summed E-state index contributed by atoms with van der Waals surface area (Å²) in [5.74, 6) is -0.377. The molecule has 8 heteroatoms. The van der Waals surface area contributed by atoms with Gasteiger partial charge in [0.2, 0.25) is 0 Å². The van der Waals surface area contributed by atoms with Crippen molar-refractivity contribution in [1.82, 2.24) is 19.6 Å². The summed E-state index contributed by atoms with van der Waals surface area (Å²) < 4.78 is 6.24. The van der Waals surface area contributed by atoms with Crippen LogP contribution in [-0.2, 0) is 16.0 Å². The molecular weight excluding hydrogens is 328 g/mol. The van der Waals surface area contributed by atoms with Crippen LogP contribution in [0.5, 0.6) is 0 Å². The van der Waals surface area contributed by atoms with Gasteiger partial charge in [-0.25, -0.2) is 9.78 Å². The summed E-state index contributed by atoms with van der Waals surface area (Å²) in [6.45, 7) is 2.05. The fourth-order valence-electron chi connectivity index (χ4n) is 2.41. The molecule has 0 bridgehead atoms. The van der Waals surface area contributed by atoms with Crippen molar-refractivity contribution in [2.75, 3.05) is 12.9 Å². The summed E-state index contributed by atoms with van der Waals surface area (Å²) in [6, 6.07) is 9.39. The molecule has 24 heavy (non-hydrogen) atoms. The van der Waals surface area contributed by atoms with Crippen molar-refractivity contribution in [3.63, 3.8) is 0 Å². The van der Waals surface area contributed by atoms with Crippen LogP contribution in [0.4, 0.5) is 0 Å². The lowest BCUT2D eigenvalue weighted by molar-refractivity contribution is -0.142. The summed E-state index contributed by atoms with van der Waals surface area (Å²) in [5, 5.41) is 4.83. The zero-order valence-corrected chi connectivity index (χ0v) is 14.1. The van der Waals surface area contributed by atoms with Crippen LogP contribution in [0.15, 0.2) is 40.3 Å². The highest BCUT2D eigenvalue weighted by atomic mass is 32.2. The summed E-state index contributed by atoms with van der Waals surface area (Å²) in [5.41, 5.74) is 1.93. The molecule has 0 fully saturated rings. The molecule has 0 atom stereocenters. The van der Waals surface area contributed by atoms with Gasteiger partial charge in [-0.15, -0.1) is 0 Å². The van der Waals surface area contributed by atoms with Gasteiger partial charge in [0, 0.05) is 11.1 Å². The molecule has 0 unspecified atom stereocenters. The van der Waals surface area contributed by atoms with E-state index in [4.69, 9.17) is 4.74 Å². The maximum atomic E-state index is 12.2. The van der Waals surface area contributed by atoms with E-state index in [2.05, 4.69) is 15.1 Å². The highest BCUT2D eigenvalue weighted by Crippen LogP contribution is 2.25. The third-order valence-corrected chi connectivity index (χ3v) is 4.02. The number of aromatic amines is 1. The molecule has 0 spiro atoms. The molecule has 3 aromatic rings. The maximum Gasteiger partial charge on any atom is 0.350 e. The van der Waals surface area contributed by atoms with Crippen molar-refractivity contribution in [2.45, 2.75) is 18.5 Å². The van der Waals surface area contributed by atoms with Gasteiger partial charge in [-0.1, -0.05) is 42.1 Å². The van der Waals surface area contributed by atoms with Gasteiger partial charge < -0.3 is 4.74 Å². The number of fused-ring (bicyclic) bond motifs is 1. The minimum absolute atomic E-state index is 0.00580. The molecule has 0 aliphatic carbocycles. The van der Waals surface area contributed by atoms with Crippen molar-refractivity contribution >= 4 is 23.4 Å². The third kappa shape index (κ3) is 3.05. The Balaban J connectivity index is 2.24. The molecule has 0 saturated carbocycles. The van der Waals surface area contributed by atoms with Gasteiger partial charge in [0.1, 0.15) is 0 Å². The normalized spacial score (nSPS) is 10.9. The molecule has 0 radical (unpaired) electrons. The molecule has 0 aliphatic heterocycles. The number of thioether (sulfide) groups is 1. The Labute approximate surface area is 142 Å². The number of rotatable bonds is 5. The minimum atomic E-state index is -0.392. The van der Waals surface area contributed by atoms with Crippen molar-refractivity contribution in [3.05, 3.63) is 46.4 Å². The molecule has 0 amide bonds. The van der Waals surface area contributed by atoms with Crippen LogP contribution in [0.3, 0.4) is 0 Å². The predicted molar refractivity (Wildman–Crippen MR) is 91.2 cm³/mol. The number of carbonyl (C=O) groups excluding carboxylic acids is 1. The molecule has 2 aromatic heterocycles. The Bertz CT molecular complexity index is 934. The predicted octanol–water partition coefficient (Wildman–Crippen LogP) is 1.91. The van der Waals surface area contributed by atoms with E-state index in [0.29, 0.717) is 28.7 Å². The van der Waals surface area contributed by atoms with E-state index < -0.39 is 5.69 Å². The highest BCUT2D eigenvalue weighted by Gasteiger charge is 2.21. The van der Waals surface area contributed by atoms with Gasteiger partial charge in [-0.3, -0.25) is 9.78 Å². The first-order valence-electron chi connectivity index (χ1n) is 7.41. The first kappa shape index (κ1) is 16.3. The molecule has 0 saturated heterocycles. The topological polar surface area (TPSA) is 89.3 Å². The summed E-state index contributed by atoms with van der Waals surface area (Å²) in [4.78, 5) is 31.3. The zero-order chi connectivity index (χ0) is 17.1. The van der Waals surface area contributed by atoms with Crippen LogP contribution in [0.2, 0.25) is 0 Å². The van der Waals surface area contributed by atoms with Gasteiger partial charge in [-0.05, 0) is 13.2 Å². The molecule has 124 valence electrons. The number of nitrogens with one attached hydrogen (secondary N) is 1. The van der Waals surface area contributed by atoms with E-state index in [0.717, 1.165) is 5.56 Å². The maximum absolute atomic E-state index is 12.2. The number of ether oxygens (including phenoxy) is 1. The van der Waals surface area contributed by atoms with Crippen LogP contribution in [-0.4, -0.2) is 38.4 Å². The van der Waals surface area contributed by atoms with Crippen LogP contribution in [0.25, 0.3) is 16.9 Å². The lowest BCUT2D eigenvalue weighted by Crippen LogP contribution is -2.19. The molecular formula is C16H16N4O3S. The van der Waals surface area contributed by atoms with E-state index in [1.807, 2.05) is 36.6 Å². The first-order chi connectivity index (χ1) is 11.6. The standard InChI is InChI=1S/C16H16N4O3S/c1-3-23-12(21)9-11-13(10-7-5-4-6-8-10)19-20-14(11)17-15(24-2)18-16(20)22/h4-8H,3,9H2,1-2H3,(H,17,18,22). The number of nitrogens with zero attached hydrogens (tertiary/aromatic N) is 3. The Morgan fingerprint density at radius 3 is 2.75 bits per heavy atom. The van der Waals surface area contributed by atoms with E-state index in [1.54, 1.807) is 6.92 Å². The van der Waals surface area contributed by atoms with Crippen molar-refractivity contribution in [3.8, 4) is 11.3 Å². The summed E-state index contributed by atoms with van der Waals surface area (Å²) >= 11 is 1.32. The summed E-state index contributed by atoms with van der Waals surface area (Å²) in [6.07, 6.45) is 1.82. The Hall–Kier alpha value is -2.61. The van der Waals surface area contributed by atoms with Crippen LogP contribution in [0, 0.1) is 0 Å². The third-order valence-electron chi connectivity index (χ3n) is 3.44. The van der Waals surface area contributed by atoms with Crippen molar-refractivity contribution in [1.29, 1.82) is 0 Å². The van der Waals surface area contributed by atoms with E-state index in [-0.39, 0.29) is 12.4 Å². The molecule has 0 aliphatic rings. The monoisotopic (exact) mass is 344 g/mol. The first-order valence-corrected chi connectivity index (χ1v) is 8.63. The van der Waals surface area contributed by atoms with Gasteiger partial charge in [-0.2, -0.15) is 9.61 Å². The zero-order valence-electron chi connectivity index (χ0n) is 13.3. The Morgan fingerprint density at radius 2 is 2.08 bits per heavy atom. The largest absolute Gasteiger partial charge is 0.466 e. The molecule has 3 rings (SSSR count). The van der Waals surface area contributed by atoms with Gasteiger partial charge >= 0.3 is 11.7 Å². The fourth-order valence-corrected chi connectivity index (χ4v) is 2.78. The minimum Gasteiger partial charge on any atom is -0.466 e. The van der Waals surface area contributed by atoms with E-state index in [9.17, 15) is 9.59 Å². The average molecular weight is 344 g/mol. The van der Waals surface area contributed by atoms with Crippen molar-refractivity contribution in [2.24, 2.45) is 0 Å². The second-order valence-corrected chi connectivity index (χ2v) is 5.76. The number of aromatic nitrogens is 4. The second kappa shape index (κ2) is 6.88. The number of H-pyrrole nitrogens is 1. The van der Waals surface area contributed by atoms with Crippen LogP contribution in [0.1, 0.15) is 12.5 Å². The summed E-state index contributed by atoms with van der Waals surface area (Å²) in [7, 11) is 0. The number of hydrogen-bond acceptors (Lipinski definition) is 6. The highest BCUT2D eigenvalue weighted by molar-refractivity contribution is 7.98.